The van der Waals surface area contributed by atoms with Crippen LogP contribution < -0.4 is 5.32 Å². The quantitative estimate of drug-likeness (QED) is 0.689. The zero-order valence-corrected chi connectivity index (χ0v) is 17.1. The van der Waals surface area contributed by atoms with Crippen molar-refractivity contribution in [3.63, 3.8) is 0 Å². The molecular weight excluding hydrogens is 376 g/mol. The van der Waals surface area contributed by atoms with E-state index in [0.29, 0.717) is 24.9 Å². The second-order valence-electron chi connectivity index (χ2n) is 8.87. The van der Waals surface area contributed by atoms with Crippen molar-refractivity contribution in [3.8, 4) is 0 Å². The molecule has 0 aliphatic heterocycles. The average Bonchev–Trinajstić information content (AvgIpc) is 2.96. The first-order valence-corrected chi connectivity index (χ1v) is 9.97. The van der Waals surface area contributed by atoms with E-state index in [0.717, 1.165) is 17.6 Å². The van der Waals surface area contributed by atoms with Gasteiger partial charge in [0.05, 0.1) is 6.10 Å². The summed E-state index contributed by atoms with van der Waals surface area (Å²) < 4.78 is 26.6. The number of hydrogen-bond donors (Lipinski definition) is 3. The van der Waals surface area contributed by atoms with Crippen molar-refractivity contribution in [3.05, 3.63) is 59.2 Å². The van der Waals surface area contributed by atoms with Crippen molar-refractivity contribution in [1.82, 2.24) is 15.3 Å². The number of aliphatic hydroxyl groups is 2. The summed E-state index contributed by atoms with van der Waals surface area (Å²) in [5.74, 6) is -1.31. The zero-order chi connectivity index (χ0) is 21.2. The van der Waals surface area contributed by atoms with Gasteiger partial charge in [0.1, 0.15) is 5.82 Å². The first-order chi connectivity index (χ1) is 13.7. The molecule has 3 N–H and O–H groups in total. The Morgan fingerprint density at radius 1 is 1.14 bits per heavy atom. The van der Waals surface area contributed by atoms with E-state index in [1.807, 2.05) is 26.8 Å². The third kappa shape index (κ3) is 5.15. The number of aliphatic hydroxyl groups excluding tert-OH is 2. The van der Waals surface area contributed by atoms with Gasteiger partial charge < -0.3 is 15.5 Å². The number of nitrogens with one attached hydrogen (secondary N) is 1. The molecule has 5 nitrogen and oxygen atoms in total. The molecule has 0 amide bonds. The summed E-state index contributed by atoms with van der Waals surface area (Å²) in [6, 6.07) is 5.60. The summed E-state index contributed by atoms with van der Waals surface area (Å²) in [5, 5.41) is 23.6. The van der Waals surface area contributed by atoms with Gasteiger partial charge in [0.15, 0.2) is 11.6 Å². The predicted molar refractivity (Wildman–Crippen MR) is 106 cm³/mol. The summed E-state index contributed by atoms with van der Waals surface area (Å²) >= 11 is 0. The maximum Gasteiger partial charge on any atom is 0.159 e. The highest BCUT2D eigenvalue weighted by Gasteiger charge is 2.42. The summed E-state index contributed by atoms with van der Waals surface area (Å²) in [4.78, 5) is 9.04. The van der Waals surface area contributed by atoms with Crippen LogP contribution in [0.15, 0.2) is 30.5 Å². The highest BCUT2D eigenvalue weighted by Crippen LogP contribution is 2.35. The maximum absolute atomic E-state index is 13.5. The van der Waals surface area contributed by atoms with E-state index >= 15 is 0 Å². The molecule has 1 aliphatic rings. The molecule has 0 bridgehead atoms. The molecule has 1 aliphatic carbocycles. The fourth-order valence-electron chi connectivity index (χ4n) is 3.99. The first kappa shape index (κ1) is 21.7. The molecule has 1 fully saturated rings. The van der Waals surface area contributed by atoms with Crippen molar-refractivity contribution in [2.75, 3.05) is 6.61 Å². The smallest absolute Gasteiger partial charge is 0.159 e. The minimum Gasteiger partial charge on any atom is -0.396 e. The van der Waals surface area contributed by atoms with Gasteiger partial charge in [-0.1, -0.05) is 26.8 Å². The summed E-state index contributed by atoms with van der Waals surface area (Å²) in [6.45, 7) is 6.38. The van der Waals surface area contributed by atoms with Crippen LogP contribution in [0.25, 0.3) is 0 Å². The number of benzene rings is 1. The minimum atomic E-state index is -0.878. The first-order valence-electron chi connectivity index (χ1n) is 9.97. The Kier molecular flexibility index (Phi) is 6.61. The molecule has 0 saturated heterocycles. The molecular formula is C22H29F2N3O2. The highest BCUT2D eigenvalue weighted by atomic mass is 19.2. The molecule has 1 heterocycles. The van der Waals surface area contributed by atoms with E-state index in [9.17, 15) is 19.0 Å². The van der Waals surface area contributed by atoms with Crippen LogP contribution >= 0.6 is 0 Å². The lowest BCUT2D eigenvalue weighted by atomic mass is 9.88. The number of halogens is 2. The van der Waals surface area contributed by atoms with Crippen molar-refractivity contribution in [1.29, 1.82) is 0 Å². The summed E-state index contributed by atoms with van der Waals surface area (Å²) in [5.41, 5.74) is 1.31. The van der Waals surface area contributed by atoms with E-state index in [1.165, 1.54) is 12.1 Å². The fraction of sp³-hybridized carbons (Fsp3) is 0.545. The van der Waals surface area contributed by atoms with Crippen LogP contribution in [0, 0.1) is 23.5 Å². The van der Waals surface area contributed by atoms with E-state index in [4.69, 9.17) is 0 Å². The van der Waals surface area contributed by atoms with Gasteiger partial charge in [0.25, 0.3) is 0 Å². The minimum absolute atomic E-state index is 0.0389. The van der Waals surface area contributed by atoms with Crippen LogP contribution in [0.5, 0.6) is 0 Å². The maximum atomic E-state index is 13.5. The number of aromatic nitrogens is 2. The van der Waals surface area contributed by atoms with E-state index in [-0.39, 0.29) is 29.9 Å². The Hall–Kier alpha value is -1.96. The Morgan fingerprint density at radius 3 is 2.55 bits per heavy atom. The Bertz CT molecular complexity index is 841. The summed E-state index contributed by atoms with van der Waals surface area (Å²) in [6.07, 6.45) is 2.18. The van der Waals surface area contributed by atoms with Gasteiger partial charge in [-0.05, 0) is 42.5 Å². The molecule has 1 aromatic heterocycles. The average molecular weight is 405 g/mol. The van der Waals surface area contributed by atoms with Gasteiger partial charge in [0.2, 0.25) is 0 Å². The number of rotatable bonds is 6. The zero-order valence-electron chi connectivity index (χ0n) is 17.1. The van der Waals surface area contributed by atoms with Crippen molar-refractivity contribution >= 4 is 0 Å². The van der Waals surface area contributed by atoms with Crippen LogP contribution in [0.3, 0.4) is 0 Å². The van der Waals surface area contributed by atoms with Gasteiger partial charge in [-0.15, -0.1) is 0 Å². The molecule has 7 heteroatoms. The topological polar surface area (TPSA) is 78.3 Å². The molecule has 4 unspecified atom stereocenters. The monoisotopic (exact) mass is 405 g/mol. The molecule has 0 radical (unpaired) electrons. The van der Waals surface area contributed by atoms with Crippen LogP contribution in [-0.2, 0) is 18.4 Å². The predicted octanol–water partition coefficient (Wildman–Crippen LogP) is 2.74. The summed E-state index contributed by atoms with van der Waals surface area (Å²) in [7, 11) is 0. The molecule has 0 spiro atoms. The normalized spacial score (nSPS) is 24.8. The van der Waals surface area contributed by atoms with Gasteiger partial charge in [0, 0.05) is 42.4 Å². The molecule has 3 rings (SSSR count). The Labute approximate surface area is 170 Å². The fourth-order valence-corrected chi connectivity index (χ4v) is 3.99. The Morgan fingerprint density at radius 2 is 1.90 bits per heavy atom. The molecule has 1 saturated carbocycles. The van der Waals surface area contributed by atoms with Crippen LogP contribution in [0.1, 0.15) is 44.3 Å². The van der Waals surface area contributed by atoms with Crippen LogP contribution in [-0.4, -0.2) is 38.9 Å². The lowest BCUT2D eigenvalue weighted by Gasteiger charge is -2.25. The highest BCUT2D eigenvalue weighted by molar-refractivity contribution is 5.18. The van der Waals surface area contributed by atoms with Gasteiger partial charge in [-0.3, -0.25) is 0 Å². The van der Waals surface area contributed by atoms with E-state index in [1.54, 1.807) is 6.20 Å². The van der Waals surface area contributed by atoms with Crippen LogP contribution in [0.4, 0.5) is 8.78 Å². The van der Waals surface area contributed by atoms with Crippen molar-refractivity contribution in [2.24, 2.45) is 11.8 Å². The van der Waals surface area contributed by atoms with Crippen molar-refractivity contribution < 1.29 is 19.0 Å². The lowest BCUT2D eigenvalue weighted by Crippen LogP contribution is -2.36. The lowest BCUT2D eigenvalue weighted by molar-refractivity contribution is 0.0715. The molecule has 1 aromatic carbocycles. The van der Waals surface area contributed by atoms with Gasteiger partial charge in [-0.2, -0.15) is 0 Å². The largest absolute Gasteiger partial charge is 0.396 e. The number of nitrogens with zero attached hydrogens (tertiary/aromatic N) is 2. The van der Waals surface area contributed by atoms with Gasteiger partial charge >= 0.3 is 0 Å². The number of hydrogen-bond acceptors (Lipinski definition) is 5. The molecule has 4 atom stereocenters. The van der Waals surface area contributed by atoms with Crippen LogP contribution in [0.2, 0.25) is 0 Å². The van der Waals surface area contributed by atoms with E-state index in [2.05, 4.69) is 15.3 Å². The molecule has 158 valence electrons. The van der Waals surface area contributed by atoms with E-state index < -0.39 is 17.7 Å². The molecule has 29 heavy (non-hydrogen) atoms. The van der Waals surface area contributed by atoms with Crippen molar-refractivity contribution in [2.45, 2.75) is 57.7 Å². The standard InChI is InChI=1S/C22H29F2N3O2/c1-22(2,3)21-25-7-6-14(27-21)9-15-16(12-28)20(29)10-19(15)26-11-13-4-5-17(23)18(24)8-13/h4-8,15-16,19-20,26,28-29H,9-12H2,1-3H3. The third-order valence-electron chi connectivity index (χ3n) is 5.65. The third-order valence-corrected chi connectivity index (χ3v) is 5.65. The SMILES string of the molecule is CC(C)(C)c1nccc(CC2C(NCc3ccc(F)c(F)c3)CC(O)C2CO)n1. The molecule has 2 aromatic rings. The second-order valence-corrected chi connectivity index (χ2v) is 8.87. The second kappa shape index (κ2) is 8.81. The Balaban J connectivity index is 1.75. The van der Waals surface area contributed by atoms with Gasteiger partial charge in [-0.25, -0.2) is 18.7 Å².